The number of halogens is 2. The minimum absolute atomic E-state index is 0.182. The number of thioether (sulfide) groups is 1. The lowest BCUT2D eigenvalue weighted by Gasteiger charge is -2.16. The van der Waals surface area contributed by atoms with Gasteiger partial charge in [-0.25, -0.2) is 0 Å². The highest BCUT2D eigenvalue weighted by atomic mass is 32.2. The molecule has 0 aromatic heterocycles. The molecule has 0 aliphatic heterocycles. The summed E-state index contributed by atoms with van der Waals surface area (Å²) < 4.78 is 29.4. The zero-order valence-corrected chi connectivity index (χ0v) is 14.1. The molecule has 0 saturated heterocycles. The Balaban J connectivity index is 2.67. The van der Waals surface area contributed by atoms with Crippen LogP contribution in [-0.4, -0.2) is 37.7 Å². The van der Waals surface area contributed by atoms with Gasteiger partial charge in [-0.3, -0.25) is 4.99 Å². The van der Waals surface area contributed by atoms with E-state index >= 15 is 0 Å². The van der Waals surface area contributed by atoms with Crippen molar-refractivity contribution < 1.29 is 13.5 Å². The molecule has 1 rings (SSSR count). The molecule has 0 bridgehead atoms. The number of rotatable bonds is 7. The van der Waals surface area contributed by atoms with Gasteiger partial charge in [0.1, 0.15) is 5.75 Å². The number of guanidine groups is 1. The third-order valence-electron chi connectivity index (χ3n) is 3.06. The third-order valence-corrected chi connectivity index (χ3v) is 4.03. The lowest BCUT2D eigenvalue weighted by molar-refractivity contribution is -0.0504. The highest BCUT2D eigenvalue weighted by molar-refractivity contribution is 7.99. The maximum Gasteiger partial charge on any atom is 0.387 e. The number of hydrogen-bond acceptors (Lipinski definition) is 3. The van der Waals surface area contributed by atoms with E-state index in [9.17, 15) is 8.78 Å². The lowest BCUT2D eigenvalue weighted by atomic mass is 10.1. The second-order valence-corrected chi connectivity index (χ2v) is 6.12. The standard InChI is InChI=1S/C15H23F2N3OS/c1-10-5-6-13(21-14(16)17)12(7-10)9-20-15(18-3)19-8-11(2)22-4/h5-7,11,14H,8-9H2,1-4H3,(H2,18,19,20). The van der Waals surface area contributed by atoms with Crippen LogP contribution in [0.25, 0.3) is 0 Å². The summed E-state index contributed by atoms with van der Waals surface area (Å²) in [7, 11) is 1.67. The van der Waals surface area contributed by atoms with Crippen LogP contribution in [0.15, 0.2) is 23.2 Å². The van der Waals surface area contributed by atoms with E-state index in [4.69, 9.17) is 0 Å². The molecule has 1 aromatic rings. The maximum absolute atomic E-state index is 12.4. The Kier molecular flexibility index (Phi) is 8.01. The van der Waals surface area contributed by atoms with Gasteiger partial charge in [-0.05, 0) is 19.2 Å². The zero-order valence-electron chi connectivity index (χ0n) is 13.3. The van der Waals surface area contributed by atoms with Gasteiger partial charge in [-0.1, -0.05) is 24.6 Å². The smallest absolute Gasteiger partial charge is 0.387 e. The van der Waals surface area contributed by atoms with Crippen LogP contribution < -0.4 is 15.4 Å². The molecular weight excluding hydrogens is 308 g/mol. The summed E-state index contributed by atoms with van der Waals surface area (Å²) in [5.41, 5.74) is 1.65. The van der Waals surface area contributed by atoms with Crippen molar-refractivity contribution in [1.29, 1.82) is 0 Å². The first kappa shape index (κ1) is 18.5. The topological polar surface area (TPSA) is 45.7 Å². The average Bonchev–Trinajstić information content (AvgIpc) is 2.49. The molecule has 7 heteroatoms. The summed E-state index contributed by atoms with van der Waals surface area (Å²) >= 11 is 1.75. The van der Waals surface area contributed by atoms with Crippen LogP contribution in [0, 0.1) is 6.92 Å². The highest BCUT2D eigenvalue weighted by Gasteiger charge is 2.10. The van der Waals surface area contributed by atoms with Crippen LogP contribution in [0.2, 0.25) is 0 Å². The van der Waals surface area contributed by atoms with E-state index in [1.165, 1.54) is 0 Å². The Bertz CT molecular complexity index is 498. The van der Waals surface area contributed by atoms with Gasteiger partial charge in [0.05, 0.1) is 0 Å². The van der Waals surface area contributed by atoms with Crippen molar-refractivity contribution >= 4 is 17.7 Å². The lowest BCUT2D eigenvalue weighted by Crippen LogP contribution is -2.39. The van der Waals surface area contributed by atoms with Crippen LogP contribution >= 0.6 is 11.8 Å². The molecule has 4 nitrogen and oxygen atoms in total. The van der Waals surface area contributed by atoms with Crippen LogP contribution in [-0.2, 0) is 6.54 Å². The van der Waals surface area contributed by atoms with Crippen LogP contribution in [0.4, 0.5) is 8.78 Å². The van der Waals surface area contributed by atoms with E-state index in [0.29, 0.717) is 23.3 Å². The number of nitrogens with zero attached hydrogens (tertiary/aromatic N) is 1. The molecule has 0 spiro atoms. The van der Waals surface area contributed by atoms with Crippen molar-refractivity contribution in [3.05, 3.63) is 29.3 Å². The van der Waals surface area contributed by atoms with E-state index < -0.39 is 6.61 Å². The number of ether oxygens (including phenoxy) is 1. The molecule has 1 unspecified atom stereocenters. The molecule has 0 radical (unpaired) electrons. The first-order valence-corrected chi connectivity index (χ1v) is 8.26. The molecule has 124 valence electrons. The molecule has 22 heavy (non-hydrogen) atoms. The molecule has 0 saturated carbocycles. The van der Waals surface area contributed by atoms with Crippen molar-refractivity contribution in [3.8, 4) is 5.75 Å². The van der Waals surface area contributed by atoms with E-state index in [1.54, 1.807) is 30.9 Å². The quantitative estimate of drug-likeness (QED) is 0.595. The fraction of sp³-hybridized carbons (Fsp3) is 0.533. The van der Waals surface area contributed by atoms with Gasteiger partial charge in [0.15, 0.2) is 5.96 Å². The van der Waals surface area contributed by atoms with Gasteiger partial charge in [-0.2, -0.15) is 20.5 Å². The number of alkyl halides is 2. The highest BCUT2D eigenvalue weighted by Crippen LogP contribution is 2.21. The number of nitrogens with one attached hydrogen (secondary N) is 2. The minimum atomic E-state index is -2.83. The number of aliphatic imine (C=N–C) groups is 1. The molecule has 1 atom stereocenters. The Hall–Kier alpha value is -1.50. The summed E-state index contributed by atoms with van der Waals surface area (Å²) in [6.45, 7) is 2.32. The van der Waals surface area contributed by atoms with Crippen LogP contribution in [0.3, 0.4) is 0 Å². The van der Waals surface area contributed by atoms with Crippen molar-refractivity contribution in [1.82, 2.24) is 10.6 Å². The predicted molar refractivity (Wildman–Crippen MR) is 89.0 cm³/mol. The van der Waals surface area contributed by atoms with Gasteiger partial charge >= 0.3 is 6.61 Å². The van der Waals surface area contributed by atoms with Gasteiger partial charge in [0.2, 0.25) is 0 Å². The van der Waals surface area contributed by atoms with Gasteiger partial charge < -0.3 is 15.4 Å². The molecule has 0 amide bonds. The first-order valence-electron chi connectivity index (χ1n) is 6.98. The van der Waals surface area contributed by atoms with Gasteiger partial charge in [0, 0.05) is 31.0 Å². The number of hydrogen-bond donors (Lipinski definition) is 2. The summed E-state index contributed by atoms with van der Waals surface area (Å²) in [4.78, 5) is 4.12. The monoisotopic (exact) mass is 331 g/mol. The SMILES string of the molecule is CN=C(NCc1cc(C)ccc1OC(F)F)NCC(C)SC. The molecule has 0 aliphatic carbocycles. The second kappa shape index (κ2) is 9.50. The summed E-state index contributed by atoms with van der Waals surface area (Å²) in [5.74, 6) is 0.812. The van der Waals surface area contributed by atoms with E-state index in [2.05, 4.69) is 27.3 Å². The molecular formula is C15H23F2N3OS. The Morgan fingerprint density at radius 1 is 1.36 bits per heavy atom. The number of aryl methyl sites for hydroxylation is 1. The summed E-state index contributed by atoms with van der Waals surface area (Å²) in [6, 6.07) is 5.13. The van der Waals surface area contributed by atoms with E-state index in [-0.39, 0.29) is 5.75 Å². The molecule has 1 aromatic carbocycles. The van der Waals surface area contributed by atoms with E-state index in [0.717, 1.165) is 12.1 Å². The van der Waals surface area contributed by atoms with Crippen molar-refractivity contribution in [2.45, 2.75) is 32.3 Å². The average molecular weight is 331 g/mol. The largest absolute Gasteiger partial charge is 0.434 e. The normalized spacial score (nSPS) is 13.1. The molecule has 0 fully saturated rings. The molecule has 0 heterocycles. The Labute approximate surface area is 134 Å². The minimum Gasteiger partial charge on any atom is -0.434 e. The maximum atomic E-state index is 12.4. The Morgan fingerprint density at radius 3 is 2.68 bits per heavy atom. The summed E-state index contributed by atoms with van der Waals surface area (Å²) in [6.07, 6.45) is 2.04. The van der Waals surface area contributed by atoms with Crippen molar-refractivity contribution in [3.63, 3.8) is 0 Å². The van der Waals surface area contributed by atoms with Crippen LogP contribution in [0.5, 0.6) is 5.75 Å². The van der Waals surface area contributed by atoms with Gasteiger partial charge in [0.25, 0.3) is 0 Å². The van der Waals surface area contributed by atoms with Crippen molar-refractivity contribution in [2.75, 3.05) is 19.8 Å². The van der Waals surface area contributed by atoms with Gasteiger partial charge in [-0.15, -0.1) is 0 Å². The fourth-order valence-corrected chi connectivity index (χ4v) is 2.03. The zero-order chi connectivity index (χ0) is 16.5. The first-order chi connectivity index (χ1) is 10.5. The fourth-order valence-electron chi connectivity index (χ4n) is 1.78. The summed E-state index contributed by atoms with van der Waals surface area (Å²) in [5, 5.41) is 6.76. The predicted octanol–water partition coefficient (Wildman–Crippen LogP) is 3.01. The van der Waals surface area contributed by atoms with Crippen LogP contribution in [0.1, 0.15) is 18.1 Å². The number of benzene rings is 1. The van der Waals surface area contributed by atoms with Crippen molar-refractivity contribution in [2.24, 2.45) is 4.99 Å². The molecule has 2 N–H and O–H groups in total. The Morgan fingerprint density at radius 2 is 2.09 bits per heavy atom. The third kappa shape index (κ3) is 6.51. The molecule has 0 aliphatic rings. The second-order valence-electron chi connectivity index (χ2n) is 4.84. The van der Waals surface area contributed by atoms with E-state index in [1.807, 2.05) is 19.2 Å².